The highest BCUT2D eigenvalue weighted by Crippen LogP contribution is 2.31. The van der Waals surface area contributed by atoms with Gasteiger partial charge in [-0.3, -0.25) is 9.69 Å². The van der Waals surface area contributed by atoms with Crippen LogP contribution >= 0.6 is 0 Å². The SMILES string of the molecule is CC(C)(Cc1ccc(O)cc1)N(Cc1ccccc1)CC(O)c1ccc(OCc2ccccc2)c(NC=O)c1. The topological polar surface area (TPSA) is 82.0 Å². The number of β-amino-alcohol motifs (C(OH)–C–C–N with tert-alkyl or cyclic N) is 1. The number of hydrogen-bond acceptors (Lipinski definition) is 5. The molecule has 6 heteroatoms. The van der Waals surface area contributed by atoms with Gasteiger partial charge in [0, 0.05) is 18.6 Å². The Morgan fingerprint density at radius 1 is 0.872 bits per heavy atom. The number of anilines is 1. The van der Waals surface area contributed by atoms with Crippen LogP contribution in [0.25, 0.3) is 0 Å². The van der Waals surface area contributed by atoms with Crippen molar-refractivity contribution in [1.82, 2.24) is 4.90 Å². The summed E-state index contributed by atoms with van der Waals surface area (Å²) >= 11 is 0. The molecule has 0 aliphatic heterocycles. The number of aliphatic hydroxyl groups excluding tert-OH is 1. The van der Waals surface area contributed by atoms with Gasteiger partial charge in [-0.25, -0.2) is 0 Å². The zero-order valence-electron chi connectivity index (χ0n) is 22.5. The summed E-state index contributed by atoms with van der Waals surface area (Å²) < 4.78 is 5.97. The highest BCUT2D eigenvalue weighted by atomic mass is 16.5. The number of carbonyl (C=O) groups is 1. The van der Waals surface area contributed by atoms with Crippen molar-refractivity contribution >= 4 is 12.1 Å². The number of phenols is 1. The molecule has 0 fully saturated rings. The number of nitrogens with zero attached hydrogens (tertiary/aromatic N) is 1. The zero-order valence-corrected chi connectivity index (χ0v) is 22.5. The third-order valence-electron chi connectivity index (χ3n) is 6.88. The van der Waals surface area contributed by atoms with Crippen molar-refractivity contribution < 1.29 is 19.7 Å². The number of benzene rings is 4. The van der Waals surface area contributed by atoms with Crippen LogP contribution in [0, 0.1) is 0 Å². The van der Waals surface area contributed by atoms with Gasteiger partial charge in [0.2, 0.25) is 6.41 Å². The van der Waals surface area contributed by atoms with Gasteiger partial charge in [0.05, 0.1) is 11.8 Å². The Bertz CT molecular complexity index is 1330. The standard InChI is InChI=1S/C33H36N2O4/c1-33(2,20-25-13-16-29(37)17-14-25)35(21-26-9-5-3-6-10-26)22-31(38)28-15-18-32(30(19-28)34-24-36)39-23-27-11-7-4-8-12-27/h3-19,24,31,37-38H,20-23H2,1-2H3,(H,34,36). The summed E-state index contributed by atoms with van der Waals surface area (Å²) in [5.74, 6) is 0.778. The summed E-state index contributed by atoms with van der Waals surface area (Å²) in [6.07, 6.45) is 0.545. The molecule has 0 heterocycles. The second-order valence-corrected chi connectivity index (χ2v) is 10.3. The molecule has 39 heavy (non-hydrogen) atoms. The summed E-state index contributed by atoms with van der Waals surface area (Å²) in [7, 11) is 0. The van der Waals surface area contributed by atoms with Gasteiger partial charge in [-0.2, -0.15) is 0 Å². The van der Waals surface area contributed by atoms with Crippen molar-refractivity contribution in [2.75, 3.05) is 11.9 Å². The van der Waals surface area contributed by atoms with E-state index in [0.29, 0.717) is 43.1 Å². The molecule has 4 aromatic rings. The highest BCUT2D eigenvalue weighted by Gasteiger charge is 2.29. The minimum atomic E-state index is -0.803. The molecule has 0 spiro atoms. The zero-order chi connectivity index (χ0) is 27.7. The van der Waals surface area contributed by atoms with Gasteiger partial charge >= 0.3 is 0 Å². The fourth-order valence-electron chi connectivity index (χ4n) is 4.66. The molecular weight excluding hydrogens is 488 g/mol. The van der Waals surface area contributed by atoms with Crippen molar-refractivity contribution in [3.8, 4) is 11.5 Å². The number of hydrogen-bond donors (Lipinski definition) is 3. The van der Waals surface area contributed by atoms with Crippen molar-refractivity contribution in [2.45, 2.75) is 45.1 Å². The first-order valence-electron chi connectivity index (χ1n) is 13.1. The number of carbonyl (C=O) groups excluding carboxylic acids is 1. The first-order chi connectivity index (χ1) is 18.8. The number of nitrogens with one attached hydrogen (secondary N) is 1. The molecule has 3 N–H and O–H groups in total. The monoisotopic (exact) mass is 524 g/mol. The summed E-state index contributed by atoms with van der Waals surface area (Å²) in [4.78, 5) is 13.6. The number of aliphatic hydroxyl groups is 1. The van der Waals surface area contributed by atoms with Gasteiger partial charge in [0.25, 0.3) is 0 Å². The maximum absolute atomic E-state index is 11.4. The molecule has 0 aliphatic carbocycles. The fraction of sp³-hybridized carbons (Fsp3) is 0.242. The smallest absolute Gasteiger partial charge is 0.211 e. The Morgan fingerprint density at radius 2 is 1.51 bits per heavy atom. The van der Waals surface area contributed by atoms with Crippen molar-refractivity contribution in [2.24, 2.45) is 0 Å². The third kappa shape index (κ3) is 7.93. The molecule has 6 nitrogen and oxygen atoms in total. The molecule has 0 saturated heterocycles. The largest absolute Gasteiger partial charge is 0.508 e. The summed E-state index contributed by atoms with van der Waals surface area (Å²) in [6, 6.07) is 32.7. The quantitative estimate of drug-likeness (QED) is 0.184. The van der Waals surface area contributed by atoms with Crippen LogP contribution in [0.2, 0.25) is 0 Å². The van der Waals surface area contributed by atoms with E-state index in [4.69, 9.17) is 4.74 Å². The number of rotatable bonds is 13. The van der Waals surface area contributed by atoms with Crippen LogP contribution in [0.15, 0.2) is 103 Å². The molecule has 1 atom stereocenters. The van der Waals surface area contributed by atoms with Crippen molar-refractivity contribution in [1.29, 1.82) is 0 Å². The van der Waals surface area contributed by atoms with Crippen LogP contribution in [0.1, 0.15) is 42.2 Å². The summed E-state index contributed by atoms with van der Waals surface area (Å²) in [6.45, 7) is 5.73. The van der Waals surface area contributed by atoms with Gasteiger partial charge in [-0.05, 0) is 66.8 Å². The molecule has 202 valence electrons. The molecule has 0 radical (unpaired) electrons. The Morgan fingerprint density at radius 3 is 2.15 bits per heavy atom. The van der Waals surface area contributed by atoms with Crippen LogP contribution in [0.5, 0.6) is 11.5 Å². The van der Waals surface area contributed by atoms with Crippen LogP contribution in [-0.2, 0) is 24.4 Å². The Kier molecular flexibility index (Phi) is 9.36. The van der Waals surface area contributed by atoms with Crippen molar-refractivity contribution in [3.63, 3.8) is 0 Å². The van der Waals surface area contributed by atoms with E-state index in [1.165, 1.54) is 0 Å². The van der Waals surface area contributed by atoms with E-state index < -0.39 is 6.10 Å². The Hall–Kier alpha value is -4.13. The van der Waals surface area contributed by atoms with E-state index in [2.05, 4.69) is 36.2 Å². The molecule has 0 aromatic heterocycles. The second kappa shape index (κ2) is 13.1. The predicted molar refractivity (Wildman–Crippen MR) is 155 cm³/mol. The molecule has 1 unspecified atom stereocenters. The maximum atomic E-state index is 11.4. The number of amides is 1. The third-order valence-corrected chi connectivity index (χ3v) is 6.88. The van der Waals surface area contributed by atoms with Gasteiger partial charge in [-0.15, -0.1) is 0 Å². The second-order valence-electron chi connectivity index (χ2n) is 10.3. The average Bonchev–Trinajstić information content (AvgIpc) is 2.94. The maximum Gasteiger partial charge on any atom is 0.211 e. The lowest BCUT2D eigenvalue weighted by Crippen LogP contribution is -2.47. The van der Waals surface area contributed by atoms with Gasteiger partial charge < -0.3 is 20.3 Å². The van der Waals surface area contributed by atoms with Gasteiger partial charge in [0.15, 0.2) is 0 Å². The lowest BCUT2D eigenvalue weighted by Gasteiger charge is -2.40. The molecule has 0 aliphatic rings. The highest BCUT2D eigenvalue weighted by molar-refractivity contribution is 5.76. The van der Waals surface area contributed by atoms with E-state index in [1.54, 1.807) is 24.3 Å². The van der Waals surface area contributed by atoms with Crippen LogP contribution in [0.3, 0.4) is 0 Å². The van der Waals surface area contributed by atoms with E-state index in [9.17, 15) is 15.0 Å². The van der Waals surface area contributed by atoms with Gasteiger partial charge in [0.1, 0.15) is 18.1 Å². The van der Waals surface area contributed by atoms with Crippen LogP contribution in [-0.4, -0.2) is 33.6 Å². The van der Waals surface area contributed by atoms with Crippen LogP contribution in [0.4, 0.5) is 5.69 Å². The lowest BCUT2D eigenvalue weighted by molar-refractivity contribution is -0.105. The first-order valence-corrected chi connectivity index (χ1v) is 13.1. The molecule has 4 rings (SSSR count). The van der Waals surface area contributed by atoms with E-state index in [-0.39, 0.29) is 11.3 Å². The average molecular weight is 525 g/mol. The number of ether oxygens (including phenoxy) is 1. The normalized spacial score (nSPS) is 12.2. The van der Waals surface area contributed by atoms with E-state index in [1.807, 2.05) is 66.7 Å². The Balaban J connectivity index is 1.54. The molecule has 0 saturated carbocycles. The molecular formula is C33H36N2O4. The summed E-state index contributed by atoms with van der Waals surface area (Å²) in [5.41, 5.74) is 4.15. The molecule has 0 bridgehead atoms. The summed E-state index contributed by atoms with van der Waals surface area (Å²) in [5, 5.41) is 23.8. The van der Waals surface area contributed by atoms with Crippen LogP contribution < -0.4 is 10.1 Å². The lowest BCUT2D eigenvalue weighted by atomic mass is 9.91. The minimum absolute atomic E-state index is 0.240. The number of phenolic OH excluding ortho intramolecular Hbond substituents is 1. The Labute approximate surface area is 230 Å². The van der Waals surface area contributed by atoms with Crippen molar-refractivity contribution in [3.05, 3.63) is 125 Å². The first kappa shape index (κ1) is 27.9. The minimum Gasteiger partial charge on any atom is -0.508 e. The predicted octanol–water partition coefficient (Wildman–Crippen LogP) is 6.10. The van der Waals surface area contributed by atoms with Gasteiger partial charge in [-0.1, -0.05) is 78.9 Å². The van der Waals surface area contributed by atoms with E-state index >= 15 is 0 Å². The number of aromatic hydroxyl groups is 1. The van der Waals surface area contributed by atoms with E-state index in [0.717, 1.165) is 23.1 Å². The fourth-order valence-corrected chi connectivity index (χ4v) is 4.66. The molecule has 4 aromatic carbocycles. The molecule has 1 amide bonds.